The number of hydrogen-bond acceptors (Lipinski definition) is 8. The van der Waals surface area contributed by atoms with E-state index in [1.54, 1.807) is 4.90 Å². The molecule has 0 saturated heterocycles. The number of aliphatic imine (C=N–C) groups is 2. The van der Waals surface area contributed by atoms with E-state index in [1.165, 1.54) is 13.4 Å². The molecule has 11 heteroatoms. The van der Waals surface area contributed by atoms with Gasteiger partial charge in [-0.1, -0.05) is 30.3 Å². The number of benzene rings is 1. The van der Waals surface area contributed by atoms with Gasteiger partial charge in [0.1, 0.15) is 12.2 Å². The van der Waals surface area contributed by atoms with Gasteiger partial charge in [-0.25, -0.2) is 0 Å². The van der Waals surface area contributed by atoms with E-state index < -0.39 is 13.6 Å². The van der Waals surface area contributed by atoms with E-state index in [-0.39, 0.29) is 31.4 Å². The van der Waals surface area contributed by atoms with Crippen molar-refractivity contribution >= 4 is 31.6 Å². The van der Waals surface area contributed by atoms with Crippen LogP contribution in [0.2, 0.25) is 0 Å². The van der Waals surface area contributed by atoms with Crippen molar-refractivity contribution in [2.45, 2.75) is 12.6 Å². The van der Waals surface area contributed by atoms with Crippen molar-refractivity contribution < 1.29 is 23.1 Å². The van der Waals surface area contributed by atoms with Crippen LogP contribution in [0.25, 0.3) is 0 Å². The number of nitrogens with one attached hydrogen (secondary N) is 2. The normalized spacial score (nSPS) is 20.9. The van der Waals surface area contributed by atoms with Gasteiger partial charge in [0, 0.05) is 13.7 Å². The van der Waals surface area contributed by atoms with E-state index in [0.717, 1.165) is 5.56 Å². The van der Waals surface area contributed by atoms with Crippen molar-refractivity contribution in [3.63, 3.8) is 0 Å². The Hall–Kier alpha value is -2.39. The maximum absolute atomic E-state index is 12.6. The molecule has 2 aliphatic rings. The van der Waals surface area contributed by atoms with E-state index in [2.05, 4.69) is 15.3 Å². The van der Waals surface area contributed by atoms with Gasteiger partial charge in [-0.15, -0.1) is 0 Å². The van der Waals surface area contributed by atoms with Crippen LogP contribution in [0.4, 0.5) is 0 Å². The van der Waals surface area contributed by atoms with Gasteiger partial charge in [0.05, 0.1) is 19.6 Å². The molecule has 1 aromatic carbocycles. The lowest BCUT2D eigenvalue weighted by atomic mass is 10.2. The van der Waals surface area contributed by atoms with Crippen molar-refractivity contribution in [2.24, 2.45) is 9.98 Å². The van der Waals surface area contributed by atoms with Crippen molar-refractivity contribution in [1.29, 1.82) is 5.41 Å². The lowest BCUT2D eigenvalue weighted by Crippen LogP contribution is -2.49. The molecule has 2 atom stereocenters. The van der Waals surface area contributed by atoms with Crippen molar-refractivity contribution in [3.05, 3.63) is 35.9 Å². The highest BCUT2D eigenvalue weighted by atomic mass is 31.2. The second-order valence-corrected chi connectivity index (χ2v) is 7.86. The Kier molecular flexibility index (Phi) is 6.12. The monoisotopic (exact) mass is 393 g/mol. The molecule has 1 aromatic rings. The number of fused-ring (bicyclic) bond motifs is 1. The Morgan fingerprint density at radius 1 is 1.33 bits per heavy atom. The quantitative estimate of drug-likeness (QED) is 0.480. The minimum absolute atomic E-state index is 0.157. The molecule has 10 nitrogen and oxygen atoms in total. The molecule has 27 heavy (non-hydrogen) atoms. The van der Waals surface area contributed by atoms with Gasteiger partial charge in [-0.2, -0.15) is 4.99 Å². The maximum atomic E-state index is 12.6. The molecule has 0 saturated carbocycles. The third-order valence-corrected chi connectivity index (χ3v) is 5.46. The highest BCUT2D eigenvalue weighted by Gasteiger charge is 2.36. The molecule has 144 valence electrons. The number of amides is 1. The summed E-state index contributed by atoms with van der Waals surface area (Å²) >= 11 is 0. The molecule has 3 rings (SSSR count). The summed E-state index contributed by atoms with van der Waals surface area (Å²) in [6, 6.07) is 8.61. The predicted molar refractivity (Wildman–Crippen MR) is 99.0 cm³/mol. The molecule has 0 spiro atoms. The molecule has 0 bridgehead atoms. The van der Waals surface area contributed by atoms with Crippen molar-refractivity contribution in [3.8, 4) is 0 Å². The number of amidine groups is 1. The average molecular weight is 393 g/mol. The summed E-state index contributed by atoms with van der Waals surface area (Å²) in [5.74, 6) is -0.230. The number of ether oxygens (including phenoxy) is 1. The van der Waals surface area contributed by atoms with E-state index in [0.29, 0.717) is 12.4 Å². The molecule has 0 radical (unpaired) electrons. The minimum Gasteiger partial charge on any atom is -0.367 e. The fraction of sp³-hybridized carbons (Fsp3) is 0.375. The van der Waals surface area contributed by atoms with Crippen LogP contribution in [0.15, 0.2) is 40.3 Å². The first-order valence-electron chi connectivity index (χ1n) is 8.20. The topological polar surface area (TPSA) is 126 Å². The first-order valence-corrected chi connectivity index (χ1v) is 9.92. The van der Waals surface area contributed by atoms with Gasteiger partial charge in [0.15, 0.2) is 6.04 Å². The van der Waals surface area contributed by atoms with Crippen LogP contribution in [-0.2, 0) is 29.8 Å². The van der Waals surface area contributed by atoms with Crippen LogP contribution < -0.4 is 5.32 Å². The van der Waals surface area contributed by atoms with E-state index in [9.17, 15) is 9.36 Å². The van der Waals surface area contributed by atoms with E-state index >= 15 is 0 Å². The molecule has 2 heterocycles. The molecule has 0 aliphatic carbocycles. The highest BCUT2D eigenvalue weighted by Crippen LogP contribution is 2.47. The first kappa shape index (κ1) is 19.4. The molecule has 1 amide bonds. The molecule has 0 fully saturated rings. The standard InChI is InChI=1S/C16H20N5O5P/c1-24-27(23,26-9-12-5-3-2-4-6-12)11-25-8-7-21-10-18-13-14(21)19-16(17)20-15(13)22/h2-6,10,13H,7-9,11H2,1H3,(H2,17,20,22). The summed E-state index contributed by atoms with van der Waals surface area (Å²) < 4.78 is 28.4. The number of nitrogens with zero attached hydrogens (tertiary/aromatic N) is 3. The summed E-state index contributed by atoms with van der Waals surface area (Å²) in [6.45, 7) is 0.681. The Morgan fingerprint density at radius 2 is 2.11 bits per heavy atom. The van der Waals surface area contributed by atoms with E-state index in [1.807, 2.05) is 30.3 Å². The average Bonchev–Trinajstić information content (AvgIpc) is 3.08. The third kappa shape index (κ3) is 4.86. The Balaban J connectivity index is 1.46. The summed E-state index contributed by atoms with van der Waals surface area (Å²) in [7, 11) is -2.07. The lowest BCUT2D eigenvalue weighted by molar-refractivity contribution is -0.119. The highest BCUT2D eigenvalue weighted by molar-refractivity contribution is 7.53. The number of rotatable bonds is 9. The zero-order valence-corrected chi connectivity index (χ0v) is 15.6. The number of guanidine groups is 1. The Bertz CT molecular complexity index is 813. The van der Waals surface area contributed by atoms with Gasteiger partial charge in [0.25, 0.3) is 5.91 Å². The lowest BCUT2D eigenvalue weighted by Gasteiger charge is -2.22. The minimum atomic E-state index is -3.38. The summed E-state index contributed by atoms with van der Waals surface area (Å²) in [4.78, 5) is 21.4. The van der Waals surface area contributed by atoms with Gasteiger partial charge < -0.3 is 18.7 Å². The fourth-order valence-corrected chi connectivity index (χ4v) is 3.45. The van der Waals surface area contributed by atoms with Gasteiger partial charge in [0.2, 0.25) is 5.96 Å². The summed E-state index contributed by atoms with van der Waals surface area (Å²) in [6.07, 6.45) is 1.28. The van der Waals surface area contributed by atoms with Crippen molar-refractivity contribution in [1.82, 2.24) is 10.2 Å². The van der Waals surface area contributed by atoms with Crippen LogP contribution in [0, 0.1) is 5.41 Å². The summed E-state index contributed by atoms with van der Waals surface area (Å²) in [5.41, 5.74) is 0.880. The maximum Gasteiger partial charge on any atom is 0.356 e. The second kappa shape index (κ2) is 8.53. The van der Waals surface area contributed by atoms with Crippen LogP contribution in [0.1, 0.15) is 5.56 Å². The number of carbonyl (C=O) groups is 1. The smallest absolute Gasteiger partial charge is 0.356 e. The predicted octanol–water partition coefficient (Wildman–Crippen LogP) is 1.19. The molecular weight excluding hydrogens is 373 g/mol. The van der Waals surface area contributed by atoms with E-state index in [4.69, 9.17) is 19.2 Å². The van der Waals surface area contributed by atoms with Gasteiger partial charge in [-0.3, -0.25) is 25.1 Å². The summed E-state index contributed by atoms with van der Waals surface area (Å²) in [5, 5.41) is 9.80. The zero-order valence-electron chi connectivity index (χ0n) is 14.7. The number of hydrogen-bond donors (Lipinski definition) is 2. The SMILES string of the molecule is COP(=O)(COCCN1C=NC2C(=O)NC(=N)N=C21)OCc1ccccc1. The van der Waals surface area contributed by atoms with Crippen LogP contribution in [0.3, 0.4) is 0 Å². The number of carbonyl (C=O) groups excluding carboxylic acids is 1. The fourth-order valence-electron chi connectivity index (χ4n) is 2.47. The largest absolute Gasteiger partial charge is 0.367 e. The second-order valence-electron chi connectivity index (χ2n) is 5.76. The van der Waals surface area contributed by atoms with Crippen molar-refractivity contribution in [2.75, 3.05) is 26.6 Å². The molecule has 2 unspecified atom stereocenters. The van der Waals surface area contributed by atoms with Gasteiger partial charge >= 0.3 is 7.60 Å². The zero-order chi connectivity index (χ0) is 19.3. The molecule has 2 N–H and O–H groups in total. The third-order valence-electron chi connectivity index (χ3n) is 3.89. The van der Waals surface area contributed by atoms with Crippen LogP contribution in [-0.4, -0.2) is 61.6 Å². The van der Waals surface area contributed by atoms with Crippen LogP contribution in [0.5, 0.6) is 0 Å². The Morgan fingerprint density at radius 3 is 2.85 bits per heavy atom. The first-order chi connectivity index (χ1) is 13.0. The van der Waals surface area contributed by atoms with Crippen LogP contribution >= 0.6 is 7.60 Å². The molecular formula is C16H20N5O5P. The Labute approximate surface area is 156 Å². The van der Waals surface area contributed by atoms with Gasteiger partial charge in [-0.05, 0) is 5.56 Å². The molecule has 0 aromatic heterocycles. The molecule has 2 aliphatic heterocycles.